The van der Waals surface area contributed by atoms with Gasteiger partial charge in [-0.15, -0.1) is 0 Å². The van der Waals surface area contributed by atoms with E-state index in [1.54, 1.807) is 36.4 Å². The van der Waals surface area contributed by atoms with E-state index in [0.717, 1.165) is 11.1 Å². The molecule has 1 N–H and O–H groups in total. The topological polar surface area (TPSA) is 55.4 Å². The third-order valence-corrected chi connectivity index (χ3v) is 3.61. The van der Waals surface area contributed by atoms with Gasteiger partial charge in [0.05, 0.1) is 5.56 Å². The van der Waals surface area contributed by atoms with E-state index in [0.29, 0.717) is 17.0 Å². The zero-order valence-electron chi connectivity index (χ0n) is 13.7. The molecule has 0 aromatic heterocycles. The summed E-state index contributed by atoms with van der Waals surface area (Å²) in [7, 11) is 0. The van der Waals surface area contributed by atoms with Crippen LogP contribution >= 0.6 is 0 Å². The highest BCUT2D eigenvalue weighted by Gasteiger charge is 2.09. The number of esters is 1. The lowest BCUT2D eigenvalue weighted by molar-refractivity contribution is -0.114. The first kappa shape index (κ1) is 16.5. The molecule has 0 aliphatic rings. The quantitative estimate of drug-likeness (QED) is 0.564. The van der Waals surface area contributed by atoms with E-state index in [1.165, 1.54) is 6.92 Å². The van der Waals surface area contributed by atoms with Gasteiger partial charge >= 0.3 is 5.97 Å². The molecule has 0 radical (unpaired) electrons. The Morgan fingerprint density at radius 2 is 1.36 bits per heavy atom. The molecule has 4 nitrogen and oxygen atoms in total. The van der Waals surface area contributed by atoms with Gasteiger partial charge in [0.1, 0.15) is 5.75 Å². The van der Waals surface area contributed by atoms with Crippen LogP contribution in [0.1, 0.15) is 17.3 Å². The fraction of sp³-hybridized carbons (Fsp3) is 0.0476. The van der Waals surface area contributed by atoms with E-state index in [2.05, 4.69) is 5.32 Å². The highest BCUT2D eigenvalue weighted by atomic mass is 16.5. The number of hydrogen-bond donors (Lipinski definition) is 1. The van der Waals surface area contributed by atoms with Crippen LogP contribution in [0.3, 0.4) is 0 Å². The van der Waals surface area contributed by atoms with E-state index >= 15 is 0 Å². The van der Waals surface area contributed by atoms with Crippen LogP contribution in [0.4, 0.5) is 5.69 Å². The number of hydrogen-bond acceptors (Lipinski definition) is 3. The second-order valence-corrected chi connectivity index (χ2v) is 5.54. The van der Waals surface area contributed by atoms with Crippen LogP contribution in [0.2, 0.25) is 0 Å². The molecule has 0 aliphatic carbocycles. The van der Waals surface area contributed by atoms with E-state index < -0.39 is 5.97 Å². The maximum absolute atomic E-state index is 12.2. The molecule has 25 heavy (non-hydrogen) atoms. The monoisotopic (exact) mass is 331 g/mol. The van der Waals surface area contributed by atoms with Crippen LogP contribution in [0.15, 0.2) is 78.9 Å². The number of nitrogens with one attached hydrogen (secondary N) is 1. The van der Waals surface area contributed by atoms with Crippen LogP contribution in [-0.2, 0) is 4.79 Å². The van der Waals surface area contributed by atoms with Crippen molar-refractivity contribution in [3.8, 4) is 16.9 Å². The second-order valence-electron chi connectivity index (χ2n) is 5.54. The van der Waals surface area contributed by atoms with Crippen molar-refractivity contribution in [3.05, 3.63) is 84.4 Å². The van der Waals surface area contributed by atoms with E-state index in [4.69, 9.17) is 4.74 Å². The number of rotatable bonds is 4. The molecule has 3 aromatic rings. The summed E-state index contributed by atoms with van der Waals surface area (Å²) in [6.07, 6.45) is 0. The molecule has 0 heterocycles. The molecular formula is C21H17NO3. The number of amides is 1. The van der Waals surface area contributed by atoms with Crippen LogP contribution in [-0.4, -0.2) is 11.9 Å². The summed E-state index contributed by atoms with van der Waals surface area (Å²) in [5.74, 6) is -0.119. The Balaban J connectivity index is 1.67. The molecule has 0 saturated carbocycles. The Kier molecular flexibility index (Phi) is 4.90. The fourth-order valence-electron chi connectivity index (χ4n) is 2.40. The molecular weight excluding hydrogens is 314 g/mol. The maximum atomic E-state index is 12.2. The maximum Gasteiger partial charge on any atom is 0.343 e. The number of carbonyl (C=O) groups excluding carboxylic acids is 2. The molecule has 4 heteroatoms. The Labute approximate surface area is 146 Å². The van der Waals surface area contributed by atoms with E-state index in [-0.39, 0.29) is 5.91 Å². The van der Waals surface area contributed by atoms with Gasteiger partial charge in [-0.25, -0.2) is 4.79 Å². The summed E-state index contributed by atoms with van der Waals surface area (Å²) in [5, 5.41) is 2.65. The van der Waals surface area contributed by atoms with Crippen molar-refractivity contribution in [2.75, 3.05) is 5.32 Å². The minimum Gasteiger partial charge on any atom is -0.423 e. The summed E-state index contributed by atoms with van der Waals surface area (Å²) < 4.78 is 5.39. The molecule has 0 bridgehead atoms. The van der Waals surface area contributed by atoms with Crippen LogP contribution in [0.25, 0.3) is 11.1 Å². The van der Waals surface area contributed by atoms with Crippen molar-refractivity contribution in [2.45, 2.75) is 6.92 Å². The lowest BCUT2D eigenvalue weighted by Crippen LogP contribution is -2.09. The first-order chi connectivity index (χ1) is 12.1. The molecule has 0 aliphatic heterocycles. The summed E-state index contributed by atoms with van der Waals surface area (Å²) in [6, 6.07) is 23.9. The SMILES string of the molecule is CC(=O)Nc1ccc(C(=O)Oc2ccc(-c3ccccc3)cc2)cc1. The summed E-state index contributed by atoms with van der Waals surface area (Å²) in [4.78, 5) is 23.2. The molecule has 3 aromatic carbocycles. The van der Waals surface area contributed by atoms with Crippen molar-refractivity contribution in [3.63, 3.8) is 0 Å². The van der Waals surface area contributed by atoms with Gasteiger partial charge in [0, 0.05) is 12.6 Å². The normalized spacial score (nSPS) is 10.1. The van der Waals surface area contributed by atoms with E-state index in [9.17, 15) is 9.59 Å². The highest BCUT2D eigenvalue weighted by Crippen LogP contribution is 2.22. The zero-order chi connectivity index (χ0) is 17.6. The van der Waals surface area contributed by atoms with Gasteiger partial charge in [-0.1, -0.05) is 42.5 Å². The molecule has 0 unspecified atom stereocenters. The first-order valence-electron chi connectivity index (χ1n) is 7.87. The average molecular weight is 331 g/mol. The van der Waals surface area contributed by atoms with Gasteiger partial charge in [0.2, 0.25) is 5.91 Å². The predicted octanol–water partition coefficient (Wildman–Crippen LogP) is 4.53. The van der Waals surface area contributed by atoms with Gasteiger partial charge in [0.15, 0.2) is 0 Å². The van der Waals surface area contributed by atoms with Crippen molar-refractivity contribution in [1.29, 1.82) is 0 Å². The second kappa shape index (κ2) is 7.45. The number of carbonyl (C=O) groups is 2. The standard InChI is InChI=1S/C21H17NO3/c1-15(23)22-19-11-7-18(8-12-19)21(24)25-20-13-9-17(10-14-20)16-5-3-2-4-6-16/h2-14H,1H3,(H,22,23). The Morgan fingerprint density at radius 1 is 0.760 bits per heavy atom. The lowest BCUT2D eigenvalue weighted by Gasteiger charge is -2.07. The first-order valence-corrected chi connectivity index (χ1v) is 7.87. The Morgan fingerprint density at radius 3 is 1.96 bits per heavy atom. The third-order valence-electron chi connectivity index (χ3n) is 3.61. The average Bonchev–Trinajstić information content (AvgIpc) is 2.63. The third kappa shape index (κ3) is 4.32. The molecule has 124 valence electrons. The summed E-state index contributed by atoms with van der Waals surface area (Å²) in [6.45, 7) is 1.43. The summed E-state index contributed by atoms with van der Waals surface area (Å²) in [5.41, 5.74) is 3.21. The predicted molar refractivity (Wildman–Crippen MR) is 97.6 cm³/mol. The zero-order valence-corrected chi connectivity index (χ0v) is 13.7. The molecule has 3 rings (SSSR count). The largest absolute Gasteiger partial charge is 0.423 e. The molecule has 0 fully saturated rings. The Hall–Kier alpha value is -3.40. The molecule has 0 atom stereocenters. The van der Waals surface area contributed by atoms with Crippen molar-refractivity contribution < 1.29 is 14.3 Å². The Bertz CT molecular complexity index is 869. The number of anilines is 1. The lowest BCUT2D eigenvalue weighted by atomic mass is 10.1. The number of benzene rings is 3. The van der Waals surface area contributed by atoms with Crippen LogP contribution in [0, 0.1) is 0 Å². The van der Waals surface area contributed by atoms with Gasteiger partial charge in [-0.2, -0.15) is 0 Å². The van der Waals surface area contributed by atoms with Crippen molar-refractivity contribution in [1.82, 2.24) is 0 Å². The minimum atomic E-state index is -0.443. The van der Waals surface area contributed by atoms with Crippen molar-refractivity contribution in [2.24, 2.45) is 0 Å². The summed E-state index contributed by atoms with van der Waals surface area (Å²) >= 11 is 0. The van der Waals surface area contributed by atoms with E-state index in [1.807, 2.05) is 42.5 Å². The molecule has 0 saturated heterocycles. The van der Waals surface area contributed by atoms with Gasteiger partial charge in [0.25, 0.3) is 0 Å². The highest BCUT2D eigenvalue weighted by molar-refractivity contribution is 5.93. The van der Waals surface area contributed by atoms with Crippen LogP contribution in [0.5, 0.6) is 5.75 Å². The van der Waals surface area contributed by atoms with Crippen molar-refractivity contribution >= 4 is 17.6 Å². The number of ether oxygens (including phenoxy) is 1. The van der Waals surface area contributed by atoms with Gasteiger partial charge < -0.3 is 10.1 Å². The van der Waals surface area contributed by atoms with Crippen LogP contribution < -0.4 is 10.1 Å². The fourth-order valence-corrected chi connectivity index (χ4v) is 2.40. The molecule has 0 spiro atoms. The smallest absolute Gasteiger partial charge is 0.343 e. The minimum absolute atomic E-state index is 0.158. The van der Waals surface area contributed by atoms with Gasteiger partial charge in [-0.05, 0) is 47.5 Å². The molecule has 1 amide bonds. The van der Waals surface area contributed by atoms with Gasteiger partial charge in [-0.3, -0.25) is 4.79 Å².